The van der Waals surface area contributed by atoms with Crippen molar-refractivity contribution in [3.63, 3.8) is 0 Å². The van der Waals surface area contributed by atoms with Crippen LogP contribution in [-0.4, -0.2) is 28.2 Å². The van der Waals surface area contributed by atoms with E-state index in [1.54, 1.807) is 24.3 Å². The van der Waals surface area contributed by atoms with E-state index in [1.807, 2.05) is 34.7 Å². The smallest absolute Gasteiger partial charge is 0.329 e. The van der Waals surface area contributed by atoms with Gasteiger partial charge in [0, 0.05) is 17.3 Å². The number of carbonyl (C=O) groups is 1. The van der Waals surface area contributed by atoms with Crippen molar-refractivity contribution >= 4 is 24.9 Å². The van der Waals surface area contributed by atoms with Crippen LogP contribution in [-0.2, 0) is 6.54 Å². The summed E-state index contributed by atoms with van der Waals surface area (Å²) in [6, 6.07) is 8.84. The average Bonchev–Trinajstić information content (AvgIpc) is 2.62. The van der Waals surface area contributed by atoms with Crippen molar-refractivity contribution in [2.75, 3.05) is 5.73 Å². The van der Waals surface area contributed by atoms with Gasteiger partial charge >= 0.3 is 5.69 Å². The van der Waals surface area contributed by atoms with Crippen molar-refractivity contribution in [3.05, 3.63) is 85.3 Å². The minimum atomic E-state index is -0.637. The van der Waals surface area contributed by atoms with Crippen LogP contribution in [0.2, 0.25) is 0 Å². The number of carbonyl (C=O) groups excluding carboxylic acids is 1. The van der Waals surface area contributed by atoms with Gasteiger partial charge in [0.2, 0.25) is 5.78 Å². The van der Waals surface area contributed by atoms with Gasteiger partial charge < -0.3 is 5.73 Å². The van der Waals surface area contributed by atoms with Crippen LogP contribution in [0.4, 0.5) is 5.82 Å². The van der Waals surface area contributed by atoms with Crippen LogP contribution in [0.1, 0.15) is 52.5 Å². The maximum atomic E-state index is 13.5. The lowest BCUT2D eigenvalue weighted by atomic mass is 9.89. The van der Waals surface area contributed by atoms with Crippen molar-refractivity contribution in [3.8, 4) is 0 Å². The Bertz CT molecular complexity index is 1190. The number of anilines is 1. The molecule has 3 aromatic rings. The van der Waals surface area contributed by atoms with E-state index >= 15 is 0 Å². The van der Waals surface area contributed by atoms with Crippen LogP contribution in [0, 0.1) is 6.92 Å². The number of hydrogen-bond acceptors (Lipinski definition) is 5. The monoisotopic (exact) mass is 390 g/mol. The maximum Gasteiger partial charge on any atom is 0.329 e. The van der Waals surface area contributed by atoms with Gasteiger partial charge in [-0.25, -0.2) is 9.78 Å². The van der Waals surface area contributed by atoms with Gasteiger partial charge in [-0.15, -0.1) is 0 Å². The Kier molecular flexibility index (Phi) is 5.54. The molecule has 148 valence electrons. The van der Waals surface area contributed by atoms with Gasteiger partial charge in [0.05, 0.1) is 6.54 Å². The molecule has 0 bridgehead atoms. The summed E-state index contributed by atoms with van der Waals surface area (Å²) in [5.74, 6) is -0.296. The summed E-state index contributed by atoms with van der Waals surface area (Å²) in [6.45, 7) is 5.63. The highest BCUT2D eigenvalue weighted by Crippen LogP contribution is 2.19. The van der Waals surface area contributed by atoms with Crippen LogP contribution in [0.25, 0.3) is 0 Å². The second kappa shape index (κ2) is 7.91. The molecule has 0 fully saturated rings. The molecular formula is C21H23BN4O3. The van der Waals surface area contributed by atoms with E-state index in [2.05, 4.69) is 9.97 Å². The number of nitrogen functional groups attached to an aromatic ring is 1. The number of nitrogens with two attached hydrogens (primary N) is 1. The highest BCUT2D eigenvalue weighted by Gasteiger charge is 2.24. The fourth-order valence-corrected chi connectivity index (χ4v) is 3.54. The summed E-state index contributed by atoms with van der Waals surface area (Å²) >= 11 is 0. The van der Waals surface area contributed by atoms with E-state index in [4.69, 9.17) is 5.73 Å². The van der Waals surface area contributed by atoms with Crippen molar-refractivity contribution in [1.82, 2.24) is 14.5 Å². The zero-order valence-corrected chi connectivity index (χ0v) is 16.9. The minimum absolute atomic E-state index is 0.0912. The highest BCUT2D eigenvalue weighted by molar-refractivity contribution is 6.33. The third-order valence-corrected chi connectivity index (χ3v) is 4.70. The Morgan fingerprint density at radius 2 is 1.97 bits per heavy atom. The second-order valence-corrected chi connectivity index (χ2v) is 7.56. The van der Waals surface area contributed by atoms with E-state index in [-0.39, 0.29) is 29.5 Å². The van der Waals surface area contributed by atoms with Gasteiger partial charge in [-0.05, 0) is 36.6 Å². The van der Waals surface area contributed by atoms with Gasteiger partial charge in [-0.2, -0.15) is 0 Å². The van der Waals surface area contributed by atoms with Crippen LogP contribution in [0.5, 0.6) is 0 Å². The molecule has 0 aliphatic heterocycles. The molecule has 0 spiro atoms. The Morgan fingerprint density at radius 1 is 1.24 bits per heavy atom. The number of rotatable bonds is 5. The average molecular weight is 390 g/mol. The molecule has 2 aromatic heterocycles. The van der Waals surface area contributed by atoms with Crippen LogP contribution < -0.4 is 22.4 Å². The molecule has 3 rings (SSSR count). The molecule has 0 aliphatic rings. The molecule has 0 saturated carbocycles. The Labute approximate surface area is 169 Å². The summed E-state index contributed by atoms with van der Waals surface area (Å²) in [6.07, 6.45) is 1.54. The summed E-state index contributed by atoms with van der Waals surface area (Å²) in [5.41, 5.74) is 7.98. The Morgan fingerprint density at radius 3 is 2.59 bits per heavy atom. The van der Waals surface area contributed by atoms with Crippen LogP contribution >= 0.6 is 0 Å². The quantitative estimate of drug-likeness (QED) is 0.487. The third kappa shape index (κ3) is 4.21. The SMILES string of the molecule is Bc1cc(C)cc(C(=O)c2c(C(C)C)c(=O)[nH]c(=O)n2Cc2ccnc(N)c2)c1. The van der Waals surface area contributed by atoms with Crippen LogP contribution in [0.15, 0.2) is 46.1 Å². The van der Waals surface area contributed by atoms with Gasteiger partial charge in [-0.1, -0.05) is 37.0 Å². The number of hydrogen-bond donors (Lipinski definition) is 2. The fraction of sp³-hybridized carbons (Fsp3) is 0.238. The van der Waals surface area contributed by atoms with Crippen molar-refractivity contribution in [1.29, 1.82) is 0 Å². The summed E-state index contributed by atoms with van der Waals surface area (Å²) in [7, 11) is 1.90. The van der Waals surface area contributed by atoms with Gasteiger partial charge in [-0.3, -0.25) is 19.1 Å². The summed E-state index contributed by atoms with van der Waals surface area (Å²) < 4.78 is 1.31. The molecule has 0 radical (unpaired) electrons. The first-order valence-electron chi connectivity index (χ1n) is 9.37. The van der Waals surface area contributed by atoms with Gasteiger partial charge in [0.15, 0.2) is 0 Å². The first kappa shape index (κ1) is 20.3. The van der Waals surface area contributed by atoms with E-state index < -0.39 is 11.2 Å². The largest absolute Gasteiger partial charge is 0.384 e. The molecule has 0 atom stereocenters. The molecule has 1 aromatic carbocycles. The number of nitrogens with zero attached hydrogens (tertiary/aromatic N) is 2. The number of aryl methyl sites for hydroxylation is 1. The molecule has 7 nitrogen and oxygen atoms in total. The first-order valence-corrected chi connectivity index (χ1v) is 9.37. The number of benzene rings is 1. The molecule has 3 N–H and O–H groups in total. The Balaban J connectivity index is 2.28. The Hall–Kier alpha value is -3.42. The molecule has 29 heavy (non-hydrogen) atoms. The molecule has 2 heterocycles. The number of ketones is 1. The van der Waals surface area contributed by atoms with Crippen molar-refractivity contribution < 1.29 is 4.79 Å². The van der Waals surface area contributed by atoms with E-state index in [1.165, 1.54) is 10.8 Å². The molecule has 0 aliphatic carbocycles. The highest BCUT2D eigenvalue weighted by atomic mass is 16.2. The summed E-state index contributed by atoms with van der Waals surface area (Å²) in [4.78, 5) is 45.1. The van der Waals surface area contributed by atoms with Crippen molar-refractivity contribution in [2.45, 2.75) is 33.2 Å². The zero-order valence-electron chi connectivity index (χ0n) is 16.9. The third-order valence-electron chi connectivity index (χ3n) is 4.70. The second-order valence-electron chi connectivity index (χ2n) is 7.56. The number of H-pyrrole nitrogens is 1. The van der Waals surface area contributed by atoms with E-state index in [0.29, 0.717) is 16.9 Å². The molecule has 8 heteroatoms. The van der Waals surface area contributed by atoms with Crippen molar-refractivity contribution in [2.24, 2.45) is 0 Å². The number of aromatic amines is 1. The lowest BCUT2D eigenvalue weighted by Crippen LogP contribution is -2.38. The number of aromatic nitrogens is 3. The zero-order chi connectivity index (χ0) is 21.3. The normalized spacial score (nSPS) is 11.0. The lowest BCUT2D eigenvalue weighted by molar-refractivity contribution is 0.102. The van der Waals surface area contributed by atoms with E-state index in [0.717, 1.165) is 11.0 Å². The fourth-order valence-electron chi connectivity index (χ4n) is 3.54. The minimum Gasteiger partial charge on any atom is -0.384 e. The topological polar surface area (TPSA) is 111 Å². The van der Waals surface area contributed by atoms with Crippen LogP contribution in [0.3, 0.4) is 0 Å². The molecule has 0 amide bonds. The molecule has 0 saturated heterocycles. The van der Waals surface area contributed by atoms with Gasteiger partial charge in [0.25, 0.3) is 5.56 Å². The first-order chi connectivity index (χ1) is 13.7. The van der Waals surface area contributed by atoms with E-state index in [9.17, 15) is 14.4 Å². The standard InChI is InChI=1S/C21H23BN4O3/c1-11(2)17-18(19(27)14-6-12(3)7-15(22)9-14)26(21(29)25-20(17)28)10-13-4-5-24-16(23)8-13/h4-9,11H,10,22H2,1-3H3,(H2,23,24)(H,25,28,29). The lowest BCUT2D eigenvalue weighted by Gasteiger charge is -2.18. The molecule has 0 unspecified atom stereocenters. The number of nitrogens with one attached hydrogen (secondary N) is 1. The summed E-state index contributed by atoms with van der Waals surface area (Å²) in [5, 5.41) is 0. The molecular weight excluding hydrogens is 367 g/mol. The predicted octanol–water partition coefficient (Wildman–Crippen LogP) is 0.483. The predicted molar refractivity (Wildman–Crippen MR) is 116 cm³/mol. The number of pyridine rings is 1. The van der Waals surface area contributed by atoms with Gasteiger partial charge in [0.1, 0.15) is 19.4 Å². The maximum absolute atomic E-state index is 13.5.